The van der Waals surface area contributed by atoms with Crippen molar-refractivity contribution in [2.24, 2.45) is 11.8 Å². The summed E-state index contributed by atoms with van der Waals surface area (Å²) in [5.41, 5.74) is 2.33. The molecule has 7 nitrogen and oxygen atoms in total. The number of carbonyl (C=O) groups excluding carboxylic acids is 3. The van der Waals surface area contributed by atoms with Gasteiger partial charge in [0.1, 0.15) is 11.6 Å². The van der Waals surface area contributed by atoms with Gasteiger partial charge in [-0.25, -0.2) is 0 Å². The molecule has 0 unspecified atom stereocenters. The Balaban J connectivity index is 1.35. The highest BCUT2D eigenvalue weighted by Crippen LogP contribution is 2.56. The molecule has 2 fully saturated rings. The van der Waals surface area contributed by atoms with Gasteiger partial charge in [-0.1, -0.05) is 66.2 Å². The zero-order valence-electron chi connectivity index (χ0n) is 21.2. The maximum absolute atomic E-state index is 14.2. The number of carbonyl (C=O) groups is 3. The molecule has 5 atom stereocenters. The van der Waals surface area contributed by atoms with Crippen molar-refractivity contribution in [2.75, 3.05) is 4.90 Å². The van der Waals surface area contributed by atoms with Crippen molar-refractivity contribution < 1.29 is 19.1 Å². The zero-order chi connectivity index (χ0) is 26.4. The fraction of sp³-hybridized carbons (Fsp3) is 0.300. The lowest BCUT2D eigenvalue weighted by molar-refractivity contribution is -0.132. The van der Waals surface area contributed by atoms with E-state index < -0.39 is 29.6 Å². The van der Waals surface area contributed by atoms with Crippen LogP contribution >= 0.6 is 11.3 Å². The minimum absolute atomic E-state index is 0.237. The number of nitrogens with one attached hydrogen (secondary N) is 2. The third-order valence-electron chi connectivity index (χ3n) is 7.76. The van der Waals surface area contributed by atoms with Crippen LogP contribution in [-0.4, -0.2) is 35.5 Å². The summed E-state index contributed by atoms with van der Waals surface area (Å²) < 4.78 is 6.43. The van der Waals surface area contributed by atoms with Crippen LogP contribution in [0.3, 0.4) is 0 Å². The SMILES string of the molecule is Cc1ccc(N2C(=O)[C@H]3[C@@H](C(=O)NCc4cccs4)[C@H]4C=C[C@]3(O4)[C@H]2C(=O)NCc2ccccc2)c(C)c1. The number of hydrogen-bond donors (Lipinski definition) is 2. The highest BCUT2D eigenvalue weighted by Gasteiger charge is 2.73. The van der Waals surface area contributed by atoms with Crippen LogP contribution in [0, 0.1) is 25.7 Å². The molecule has 6 rings (SSSR count). The predicted octanol–water partition coefficient (Wildman–Crippen LogP) is 3.65. The molecule has 3 aliphatic heterocycles. The van der Waals surface area contributed by atoms with Gasteiger partial charge in [0.15, 0.2) is 0 Å². The average Bonchev–Trinajstić information content (AvgIpc) is 3.69. The van der Waals surface area contributed by atoms with E-state index in [-0.39, 0.29) is 17.7 Å². The summed E-state index contributed by atoms with van der Waals surface area (Å²) in [4.78, 5) is 44.1. The van der Waals surface area contributed by atoms with Crippen LogP contribution in [0.4, 0.5) is 5.69 Å². The Morgan fingerprint density at radius 2 is 1.79 bits per heavy atom. The molecule has 2 saturated heterocycles. The van der Waals surface area contributed by atoms with Crippen LogP contribution in [0.1, 0.15) is 21.6 Å². The maximum atomic E-state index is 14.2. The Morgan fingerprint density at radius 1 is 1.00 bits per heavy atom. The van der Waals surface area contributed by atoms with E-state index in [1.165, 1.54) is 0 Å². The number of amides is 3. The fourth-order valence-electron chi connectivity index (χ4n) is 6.09. The number of fused-ring (bicyclic) bond motifs is 1. The second kappa shape index (κ2) is 9.53. The minimum atomic E-state index is -1.22. The van der Waals surface area contributed by atoms with Crippen molar-refractivity contribution in [1.82, 2.24) is 10.6 Å². The summed E-state index contributed by atoms with van der Waals surface area (Å²) in [6.45, 7) is 4.63. The van der Waals surface area contributed by atoms with E-state index in [2.05, 4.69) is 10.6 Å². The third-order valence-corrected chi connectivity index (χ3v) is 8.64. The van der Waals surface area contributed by atoms with Gasteiger partial charge in [-0.15, -0.1) is 11.3 Å². The number of hydrogen-bond acceptors (Lipinski definition) is 5. The van der Waals surface area contributed by atoms with E-state index in [0.29, 0.717) is 18.8 Å². The third kappa shape index (κ3) is 3.95. The fourth-order valence-corrected chi connectivity index (χ4v) is 6.74. The van der Waals surface area contributed by atoms with Crippen molar-refractivity contribution in [1.29, 1.82) is 0 Å². The van der Waals surface area contributed by atoms with E-state index in [1.807, 2.05) is 92.0 Å². The molecule has 1 spiro atoms. The number of rotatable bonds is 7. The molecule has 8 heteroatoms. The minimum Gasteiger partial charge on any atom is -0.359 e. The summed E-state index contributed by atoms with van der Waals surface area (Å²) in [6.07, 6.45) is 3.11. The molecule has 194 valence electrons. The number of thiophene rings is 1. The summed E-state index contributed by atoms with van der Waals surface area (Å²) in [7, 11) is 0. The van der Waals surface area contributed by atoms with Crippen LogP contribution in [0.5, 0.6) is 0 Å². The second-order valence-corrected chi connectivity index (χ2v) is 11.2. The lowest BCUT2D eigenvalue weighted by Crippen LogP contribution is -2.54. The molecule has 0 aliphatic carbocycles. The topological polar surface area (TPSA) is 87.7 Å². The average molecular weight is 528 g/mol. The number of nitrogens with zero attached hydrogens (tertiary/aromatic N) is 1. The first-order chi connectivity index (χ1) is 18.4. The van der Waals surface area contributed by atoms with Gasteiger partial charge < -0.3 is 15.4 Å². The highest BCUT2D eigenvalue weighted by molar-refractivity contribution is 7.09. The second-order valence-electron chi connectivity index (χ2n) is 10.2. The lowest BCUT2D eigenvalue weighted by Gasteiger charge is -2.32. The number of ether oxygens (including phenoxy) is 1. The normalized spacial score (nSPS) is 27.0. The van der Waals surface area contributed by atoms with Crippen LogP contribution in [0.25, 0.3) is 0 Å². The van der Waals surface area contributed by atoms with E-state index >= 15 is 0 Å². The Bertz CT molecular complexity index is 1420. The van der Waals surface area contributed by atoms with Crippen molar-refractivity contribution in [2.45, 2.75) is 44.7 Å². The van der Waals surface area contributed by atoms with Gasteiger partial charge in [-0.2, -0.15) is 0 Å². The molecule has 38 heavy (non-hydrogen) atoms. The summed E-state index contributed by atoms with van der Waals surface area (Å²) in [5, 5.41) is 7.98. The summed E-state index contributed by atoms with van der Waals surface area (Å²) in [6, 6.07) is 18.4. The van der Waals surface area contributed by atoms with E-state index in [0.717, 1.165) is 21.6 Å². The molecule has 2 N–H and O–H groups in total. The largest absolute Gasteiger partial charge is 0.359 e. The summed E-state index contributed by atoms with van der Waals surface area (Å²) in [5.74, 6) is -2.32. The van der Waals surface area contributed by atoms with Crippen LogP contribution < -0.4 is 15.5 Å². The lowest BCUT2D eigenvalue weighted by atomic mass is 9.74. The molecular weight excluding hydrogens is 498 g/mol. The molecule has 3 amide bonds. The first-order valence-corrected chi connectivity index (χ1v) is 13.7. The summed E-state index contributed by atoms with van der Waals surface area (Å²) >= 11 is 1.56. The van der Waals surface area contributed by atoms with Crippen LogP contribution in [0.2, 0.25) is 0 Å². The predicted molar refractivity (Wildman–Crippen MR) is 145 cm³/mol. The monoisotopic (exact) mass is 527 g/mol. The van der Waals surface area contributed by atoms with Crippen LogP contribution in [0.15, 0.2) is 78.2 Å². The number of anilines is 1. The van der Waals surface area contributed by atoms with Crippen molar-refractivity contribution in [3.8, 4) is 0 Å². The molecule has 2 aromatic carbocycles. The first kappa shape index (κ1) is 24.6. The van der Waals surface area contributed by atoms with E-state index in [9.17, 15) is 14.4 Å². The van der Waals surface area contributed by atoms with Gasteiger partial charge >= 0.3 is 0 Å². The standard InChI is InChI=1S/C30H29N3O4S/c1-18-10-11-22(19(2)15-18)33-26(28(35)31-16-20-7-4-3-5-8-20)30-13-12-23(37-30)24(25(30)29(33)36)27(34)32-17-21-9-6-14-38-21/h3-15,23-26H,16-17H2,1-2H3,(H,31,35)(H,32,34)/t23-,24+,25-,26-,30-/m1/s1. The maximum Gasteiger partial charge on any atom is 0.246 e. The molecule has 2 bridgehead atoms. The van der Waals surface area contributed by atoms with Gasteiger partial charge in [0.2, 0.25) is 17.7 Å². The molecule has 3 aromatic rings. The van der Waals surface area contributed by atoms with Crippen molar-refractivity contribution in [3.05, 3.63) is 99.8 Å². The first-order valence-electron chi connectivity index (χ1n) is 12.8. The Labute approximate surface area is 225 Å². The van der Waals surface area contributed by atoms with Crippen LogP contribution in [-0.2, 0) is 32.2 Å². The molecular formula is C30H29N3O4S. The number of benzene rings is 2. The van der Waals surface area contributed by atoms with Crippen molar-refractivity contribution >= 4 is 34.7 Å². The highest BCUT2D eigenvalue weighted by atomic mass is 32.1. The van der Waals surface area contributed by atoms with Gasteiger partial charge in [-0.3, -0.25) is 19.3 Å². The van der Waals surface area contributed by atoms with E-state index in [1.54, 1.807) is 16.2 Å². The molecule has 1 aromatic heterocycles. The number of aryl methyl sites for hydroxylation is 2. The van der Waals surface area contributed by atoms with Gasteiger partial charge in [0, 0.05) is 17.1 Å². The quantitative estimate of drug-likeness (QED) is 0.459. The Kier molecular flexibility index (Phi) is 6.16. The van der Waals surface area contributed by atoms with Gasteiger partial charge in [-0.05, 0) is 42.5 Å². The van der Waals surface area contributed by atoms with Gasteiger partial charge in [0.05, 0.1) is 24.5 Å². The molecule has 0 radical (unpaired) electrons. The molecule has 0 saturated carbocycles. The van der Waals surface area contributed by atoms with E-state index in [4.69, 9.17) is 4.74 Å². The smallest absolute Gasteiger partial charge is 0.246 e. The Hall–Kier alpha value is -3.75. The Morgan fingerprint density at radius 3 is 2.53 bits per heavy atom. The zero-order valence-corrected chi connectivity index (χ0v) is 22.0. The molecule has 3 aliphatic rings. The van der Waals surface area contributed by atoms with Crippen molar-refractivity contribution in [3.63, 3.8) is 0 Å². The molecule has 4 heterocycles. The van der Waals surface area contributed by atoms with Gasteiger partial charge in [0.25, 0.3) is 0 Å².